The van der Waals surface area contributed by atoms with E-state index in [9.17, 15) is 14.9 Å². The molecule has 2 aromatic rings. The Hall–Kier alpha value is -2.94. The van der Waals surface area contributed by atoms with Gasteiger partial charge in [-0.15, -0.1) is 0 Å². The Morgan fingerprint density at radius 2 is 2.04 bits per heavy atom. The van der Waals surface area contributed by atoms with Gasteiger partial charge in [-0.2, -0.15) is 5.10 Å². The van der Waals surface area contributed by atoms with E-state index in [0.717, 1.165) is 11.3 Å². The molecule has 1 aromatic heterocycles. The Kier molecular flexibility index (Phi) is 5.85. The summed E-state index contributed by atoms with van der Waals surface area (Å²) in [4.78, 5) is 22.3. The molecule has 1 atom stereocenters. The van der Waals surface area contributed by atoms with E-state index in [1.165, 1.54) is 12.1 Å². The van der Waals surface area contributed by atoms with Crippen molar-refractivity contribution in [2.75, 3.05) is 25.5 Å². The van der Waals surface area contributed by atoms with Crippen LogP contribution in [0.5, 0.6) is 0 Å². The third kappa shape index (κ3) is 4.53. The summed E-state index contributed by atoms with van der Waals surface area (Å²) in [6.07, 6.45) is 3.44. The lowest BCUT2D eigenvalue weighted by Gasteiger charge is -2.15. The maximum Gasteiger partial charge on any atom is 0.269 e. The van der Waals surface area contributed by atoms with E-state index in [1.54, 1.807) is 43.3 Å². The molecule has 0 saturated heterocycles. The fraction of sp³-hybridized carbons (Fsp3) is 0.333. The molecular weight excluding hydrogens is 312 g/mol. The lowest BCUT2D eigenvalue weighted by atomic mass is 10.1. The standard InChI is InChI=1S/C15H20N6O3/c1-16-14(11-9-19-20(2)10-11)15(22)18-8-7-17-12-3-5-13(6-4-12)21(23)24/h3-6,9-10,14,16-17H,7-8H2,1-2H3,(H,18,22). The second-order valence-electron chi connectivity index (χ2n) is 5.19. The Bertz CT molecular complexity index is 697. The second kappa shape index (κ2) is 8.06. The predicted octanol–water partition coefficient (Wildman–Crippen LogP) is 0.817. The summed E-state index contributed by atoms with van der Waals surface area (Å²) in [6.45, 7) is 0.932. The molecule has 3 N–H and O–H groups in total. The topological polar surface area (TPSA) is 114 Å². The van der Waals surface area contributed by atoms with Crippen molar-refractivity contribution >= 4 is 17.3 Å². The van der Waals surface area contributed by atoms with Gasteiger partial charge in [0.2, 0.25) is 5.91 Å². The van der Waals surface area contributed by atoms with Crippen LogP contribution in [0.2, 0.25) is 0 Å². The monoisotopic (exact) mass is 332 g/mol. The zero-order valence-corrected chi connectivity index (χ0v) is 13.5. The number of likely N-dealkylation sites (N-methyl/N-ethyl adjacent to an activating group) is 1. The number of nitrogens with one attached hydrogen (secondary N) is 3. The molecule has 0 saturated carbocycles. The van der Waals surface area contributed by atoms with Crippen molar-refractivity contribution < 1.29 is 9.72 Å². The molecule has 1 heterocycles. The number of nitro benzene ring substituents is 1. The molecule has 128 valence electrons. The van der Waals surface area contributed by atoms with Gasteiger partial charge < -0.3 is 16.0 Å². The van der Waals surface area contributed by atoms with Crippen LogP contribution >= 0.6 is 0 Å². The van der Waals surface area contributed by atoms with Crippen LogP contribution in [0.1, 0.15) is 11.6 Å². The van der Waals surface area contributed by atoms with Gasteiger partial charge >= 0.3 is 0 Å². The normalized spacial score (nSPS) is 11.8. The van der Waals surface area contributed by atoms with E-state index in [1.807, 2.05) is 0 Å². The number of carbonyl (C=O) groups is 1. The number of carbonyl (C=O) groups excluding carboxylic acids is 1. The largest absolute Gasteiger partial charge is 0.383 e. The van der Waals surface area contributed by atoms with Gasteiger partial charge in [-0.25, -0.2) is 0 Å². The predicted molar refractivity (Wildman–Crippen MR) is 89.6 cm³/mol. The first-order valence-corrected chi connectivity index (χ1v) is 7.43. The molecule has 0 aliphatic rings. The van der Waals surface area contributed by atoms with Crippen molar-refractivity contribution in [2.24, 2.45) is 7.05 Å². The number of nitrogens with zero attached hydrogens (tertiary/aromatic N) is 3. The Labute approximate surface area is 139 Å². The maximum absolute atomic E-state index is 12.2. The minimum atomic E-state index is -0.460. The fourth-order valence-corrected chi connectivity index (χ4v) is 2.23. The molecule has 0 radical (unpaired) electrons. The molecule has 9 nitrogen and oxygen atoms in total. The summed E-state index contributed by atoms with van der Waals surface area (Å²) in [5.74, 6) is -0.143. The van der Waals surface area contributed by atoms with Crippen LogP contribution < -0.4 is 16.0 Å². The minimum absolute atomic E-state index is 0.0437. The van der Waals surface area contributed by atoms with Crippen molar-refractivity contribution in [3.63, 3.8) is 0 Å². The average molecular weight is 332 g/mol. The molecule has 0 aliphatic heterocycles. The highest BCUT2D eigenvalue weighted by atomic mass is 16.6. The van der Waals surface area contributed by atoms with Gasteiger partial charge in [0, 0.05) is 49.7 Å². The Morgan fingerprint density at radius 3 is 2.58 bits per heavy atom. The van der Waals surface area contributed by atoms with E-state index in [4.69, 9.17) is 0 Å². The van der Waals surface area contributed by atoms with Gasteiger partial charge in [0.1, 0.15) is 6.04 Å². The molecule has 1 amide bonds. The van der Waals surface area contributed by atoms with Crippen LogP contribution in [0.25, 0.3) is 0 Å². The smallest absolute Gasteiger partial charge is 0.269 e. The molecule has 0 spiro atoms. The first kappa shape index (κ1) is 17.4. The zero-order chi connectivity index (χ0) is 17.5. The van der Waals surface area contributed by atoms with Gasteiger partial charge in [0.15, 0.2) is 0 Å². The van der Waals surface area contributed by atoms with Crippen LogP contribution in [-0.2, 0) is 11.8 Å². The Morgan fingerprint density at radius 1 is 1.33 bits per heavy atom. The van der Waals surface area contributed by atoms with E-state index in [-0.39, 0.29) is 11.6 Å². The molecule has 0 fully saturated rings. The fourth-order valence-electron chi connectivity index (χ4n) is 2.23. The average Bonchev–Trinajstić information content (AvgIpc) is 2.99. The summed E-state index contributed by atoms with van der Waals surface area (Å²) in [5.41, 5.74) is 1.59. The number of hydrogen-bond donors (Lipinski definition) is 3. The van der Waals surface area contributed by atoms with Crippen LogP contribution in [0.15, 0.2) is 36.7 Å². The van der Waals surface area contributed by atoms with E-state index < -0.39 is 11.0 Å². The molecule has 24 heavy (non-hydrogen) atoms. The summed E-state index contributed by atoms with van der Waals surface area (Å²) in [5, 5.41) is 23.5. The lowest BCUT2D eigenvalue weighted by Crippen LogP contribution is -2.38. The number of aryl methyl sites for hydroxylation is 1. The molecule has 2 rings (SSSR count). The summed E-state index contributed by atoms with van der Waals surface area (Å²) in [7, 11) is 3.51. The van der Waals surface area contributed by atoms with Crippen molar-refractivity contribution in [1.29, 1.82) is 0 Å². The highest BCUT2D eigenvalue weighted by Crippen LogP contribution is 2.15. The summed E-state index contributed by atoms with van der Waals surface area (Å²) < 4.78 is 1.64. The van der Waals surface area contributed by atoms with Crippen LogP contribution in [0.3, 0.4) is 0 Å². The number of anilines is 1. The van der Waals surface area contributed by atoms with Gasteiger partial charge in [0.25, 0.3) is 5.69 Å². The quantitative estimate of drug-likeness (QED) is 0.374. The zero-order valence-electron chi connectivity index (χ0n) is 13.5. The SMILES string of the molecule is CNC(C(=O)NCCNc1ccc([N+](=O)[O-])cc1)c1cnn(C)c1. The van der Waals surface area contributed by atoms with E-state index >= 15 is 0 Å². The number of benzene rings is 1. The van der Waals surface area contributed by atoms with Crippen molar-refractivity contribution in [1.82, 2.24) is 20.4 Å². The van der Waals surface area contributed by atoms with Crippen LogP contribution in [-0.4, -0.2) is 40.7 Å². The number of hydrogen-bond acceptors (Lipinski definition) is 6. The first-order chi connectivity index (χ1) is 11.5. The van der Waals surface area contributed by atoms with Gasteiger partial charge in [-0.1, -0.05) is 0 Å². The van der Waals surface area contributed by atoms with Crippen molar-refractivity contribution in [3.8, 4) is 0 Å². The number of non-ortho nitro benzene ring substituents is 1. The van der Waals surface area contributed by atoms with Crippen molar-refractivity contribution in [3.05, 3.63) is 52.3 Å². The number of aromatic nitrogens is 2. The molecule has 1 aromatic carbocycles. The number of nitro groups is 1. The second-order valence-corrected chi connectivity index (χ2v) is 5.19. The van der Waals surface area contributed by atoms with E-state index in [2.05, 4.69) is 21.0 Å². The Balaban J connectivity index is 1.78. The van der Waals surface area contributed by atoms with Crippen LogP contribution in [0.4, 0.5) is 11.4 Å². The lowest BCUT2D eigenvalue weighted by molar-refractivity contribution is -0.384. The van der Waals surface area contributed by atoms with Gasteiger partial charge in [0.05, 0.1) is 11.1 Å². The molecule has 1 unspecified atom stereocenters. The number of amides is 1. The maximum atomic E-state index is 12.2. The molecular formula is C15H20N6O3. The molecule has 0 bridgehead atoms. The molecule has 9 heteroatoms. The number of rotatable bonds is 8. The van der Waals surface area contributed by atoms with Crippen molar-refractivity contribution in [2.45, 2.75) is 6.04 Å². The summed E-state index contributed by atoms with van der Waals surface area (Å²) >= 11 is 0. The van der Waals surface area contributed by atoms with Gasteiger partial charge in [-0.05, 0) is 19.2 Å². The van der Waals surface area contributed by atoms with E-state index in [0.29, 0.717) is 13.1 Å². The third-order valence-electron chi connectivity index (χ3n) is 3.44. The van der Waals surface area contributed by atoms with Gasteiger partial charge in [-0.3, -0.25) is 19.6 Å². The summed E-state index contributed by atoms with van der Waals surface area (Å²) in [6, 6.07) is 5.66. The molecule has 0 aliphatic carbocycles. The highest BCUT2D eigenvalue weighted by Gasteiger charge is 2.19. The van der Waals surface area contributed by atoms with Crippen LogP contribution in [0, 0.1) is 10.1 Å². The minimum Gasteiger partial charge on any atom is -0.383 e. The first-order valence-electron chi connectivity index (χ1n) is 7.43. The third-order valence-corrected chi connectivity index (χ3v) is 3.44. The highest BCUT2D eigenvalue weighted by molar-refractivity contribution is 5.83.